The molecule has 0 unspecified atom stereocenters. The number of epoxide rings is 1. The maximum atomic E-state index is 8.91. The van der Waals surface area contributed by atoms with Crippen LogP contribution in [0.1, 0.15) is 5.56 Å². The highest BCUT2D eigenvalue weighted by molar-refractivity contribution is 5.58. The molecule has 14 heavy (non-hydrogen) atoms. The topological polar surface area (TPSA) is 39.6 Å². The summed E-state index contributed by atoms with van der Waals surface area (Å²) in [6.07, 6.45) is 0.353. The first kappa shape index (κ1) is 9.04. The van der Waals surface area contributed by atoms with E-state index in [2.05, 4.69) is 11.0 Å². The zero-order chi connectivity index (χ0) is 9.97. The van der Waals surface area contributed by atoms with Gasteiger partial charge in [-0.15, -0.1) is 0 Å². The first-order valence-electron chi connectivity index (χ1n) is 4.63. The maximum Gasteiger partial charge on any atom is 0.101 e. The van der Waals surface area contributed by atoms with Crippen LogP contribution in [0.4, 0.5) is 5.69 Å². The van der Waals surface area contributed by atoms with Crippen molar-refractivity contribution in [3.63, 3.8) is 0 Å². The Balaban J connectivity index is 2.16. The van der Waals surface area contributed by atoms with Crippen molar-refractivity contribution in [1.29, 1.82) is 5.26 Å². The Labute approximate surface area is 83.5 Å². The minimum atomic E-state index is 0.353. The molecule has 3 heteroatoms. The average molecular weight is 188 g/mol. The highest BCUT2D eigenvalue weighted by Gasteiger charge is 2.24. The third kappa shape index (κ3) is 1.86. The summed E-state index contributed by atoms with van der Waals surface area (Å²) in [6.45, 7) is 1.71. The molecule has 3 nitrogen and oxygen atoms in total. The van der Waals surface area contributed by atoms with Gasteiger partial charge in [-0.25, -0.2) is 0 Å². The lowest BCUT2D eigenvalue weighted by Gasteiger charge is -2.18. The van der Waals surface area contributed by atoms with Crippen molar-refractivity contribution < 1.29 is 4.74 Å². The van der Waals surface area contributed by atoms with Crippen LogP contribution in [-0.2, 0) is 4.74 Å². The van der Waals surface area contributed by atoms with Crippen molar-refractivity contribution in [2.75, 3.05) is 25.1 Å². The van der Waals surface area contributed by atoms with E-state index in [1.54, 1.807) is 0 Å². The molecule has 72 valence electrons. The molecule has 0 radical (unpaired) electrons. The summed E-state index contributed by atoms with van der Waals surface area (Å²) in [5.41, 5.74) is 1.70. The number of para-hydroxylation sites is 1. The molecule has 1 fully saturated rings. The molecule has 0 spiro atoms. The highest BCUT2D eigenvalue weighted by Crippen LogP contribution is 2.20. The van der Waals surface area contributed by atoms with Gasteiger partial charge in [-0.05, 0) is 12.1 Å². The van der Waals surface area contributed by atoms with Crippen LogP contribution in [0.25, 0.3) is 0 Å². The fraction of sp³-hybridized carbons (Fsp3) is 0.364. The van der Waals surface area contributed by atoms with Gasteiger partial charge in [-0.3, -0.25) is 0 Å². The molecule has 0 aliphatic carbocycles. The molecule has 1 aromatic rings. The lowest BCUT2D eigenvalue weighted by atomic mass is 10.2. The predicted octanol–water partition coefficient (Wildman–Crippen LogP) is 1.39. The second-order valence-electron chi connectivity index (χ2n) is 3.46. The van der Waals surface area contributed by atoms with E-state index in [1.807, 2.05) is 31.3 Å². The van der Waals surface area contributed by atoms with Gasteiger partial charge < -0.3 is 9.64 Å². The largest absolute Gasteiger partial charge is 0.371 e. The molecule has 0 saturated carbocycles. The minimum absolute atomic E-state index is 0.353. The first-order chi connectivity index (χ1) is 6.81. The van der Waals surface area contributed by atoms with E-state index >= 15 is 0 Å². The van der Waals surface area contributed by atoms with Gasteiger partial charge in [0.05, 0.1) is 24.0 Å². The zero-order valence-corrected chi connectivity index (χ0v) is 8.10. The number of nitrogens with zero attached hydrogens (tertiary/aromatic N) is 2. The zero-order valence-electron chi connectivity index (χ0n) is 8.10. The van der Waals surface area contributed by atoms with Crippen LogP contribution in [0.5, 0.6) is 0 Å². The van der Waals surface area contributed by atoms with Crippen LogP contribution >= 0.6 is 0 Å². The Morgan fingerprint density at radius 1 is 1.57 bits per heavy atom. The van der Waals surface area contributed by atoms with E-state index in [0.29, 0.717) is 6.10 Å². The quantitative estimate of drug-likeness (QED) is 0.673. The Morgan fingerprint density at radius 3 is 2.93 bits per heavy atom. The number of benzene rings is 1. The number of rotatable bonds is 3. The van der Waals surface area contributed by atoms with Crippen molar-refractivity contribution in [2.24, 2.45) is 0 Å². The van der Waals surface area contributed by atoms with Gasteiger partial charge in [0, 0.05) is 13.6 Å². The normalized spacial score (nSPS) is 18.7. The van der Waals surface area contributed by atoms with E-state index in [9.17, 15) is 0 Å². The molecular formula is C11H12N2O. The standard InChI is InChI=1S/C11H12N2O/c1-13(7-10-8-14-10)11-5-3-2-4-9(11)6-12/h2-5,10H,7-8H2,1H3/t10-/m0/s1. The second-order valence-corrected chi connectivity index (χ2v) is 3.46. The second kappa shape index (κ2) is 3.69. The molecule has 0 amide bonds. The minimum Gasteiger partial charge on any atom is -0.371 e. The fourth-order valence-corrected chi connectivity index (χ4v) is 1.48. The third-order valence-corrected chi connectivity index (χ3v) is 2.32. The Hall–Kier alpha value is -1.53. The lowest BCUT2D eigenvalue weighted by molar-refractivity contribution is 0.410. The van der Waals surface area contributed by atoms with Crippen LogP contribution in [0.3, 0.4) is 0 Å². The molecule has 1 aliphatic heterocycles. The molecule has 2 rings (SSSR count). The summed E-state index contributed by atoms with van der Waals surface area (Å²) in [4.78, 5) is 2.07. The molecule has 0 N–H and O–H groups in total. The Morgan fingerprint density at radius 2 is 2.29 bits per heavy atom. The molecule has 1 aliphatic rings. The summed E-state index contributed by atoms with van der Waals surface area (Å²) in [5, 5.41) is 8.91. The third-order valence-electron chi connectivity index (χ3n) is 2.32. The summed E-state index contributed by atoms with van der Waals surface area (Å²) in [6, 6.07) is 9.80. The van der Waals surface area contributed by atoms with Crippen LogP contribution in [0, 0.1) is 11.3 Å². The number of likely N-dealkylation sites (N-methyl/N-ethyl adjacent to an activating group) is 1. The van der Waals surface area contributed by atoms with E-state index < -0.39 is 0 Å². The van der Waals surface area contributed by atoms with Crippen LogP contribution < -0.4 is 4.90 Å². The molecule has 1 saturated heterocycles. The Bertz CT molecular complexity index is 366. The number of anilines is 1. The summed E-state index contributed by atoms with van der Waals surface area (Å²) in [7, 11) is 1.98. The van der Waals surface area contributed by atoms with Gasteiger partial charge in [0.25, 0.3) is 0 Å². The number of nitriles is 1. The van der Waals surface area contributed by atoms with Gasteiger partial charge in [-0.1, -0.05) is 12.1 Å². The molecule has 1 heterocycles. The highest BCUT2D eigenvalue weighted by atomic mass is 16.6. The van der Waals surface area contributed by atoms with Crippen molar-refractivity contribution >= 4 is 5.69 Å². The van der Waals surface area contributed by atoms with Crippen LogP contribution in [0.2, 0.25) is 0 Å². The number of hydrogen-bond donors (Lipinski definition) is 0. The monoisotopic (exact) mass is 188 g/mol. The van der Waals surface area contributed by atoms with Gasteiger partial charge in [-0.2, -0.15) is 5.26 Å². The summed E-state index contributed by atoms with van der Waals surface area (Å²) in [5.74, 6) is 0. The van der Waals surface area contributed by atoms with Gasteiger partial charge in [0.2, 0.25) is 0 Å². The smallest absolute Gasteiger partial charge is 0.101 e. The summed E-state index contributed by atoms with van der Waals surface area (Å²) >= 11 is 0. The van der Waals surface area contributed by atoms with E-state index in [-0.39, 0.29) is 0 Å². The molecular weight excluding hydrogens is 176 g/mol. The maximum absolute atomic E-state index is 8.91. The van der Waals surface area contributed by atoms with Crippen LogP contribution in [0.15, 0.2) is 24.3 Å². The molecule has 1 atom stereocenters. The van der Waals surface area contributed by atoms with Gasteiger partial charge in [0.1, 0.15) is 6.07 Å². The van der Waals surface area contributed by atoms with Crippen LogP contribution in [-0.4, -0.2) is 26.3 Å². The molecule has 0 aromatic heterocycles. The fourth-order valence-electron chi connectivity index (χ4n) is 1.48. The SMILES string of the molecule is CN(C[C@H]1CO1)c1ccccc1C#N. The summed E-state index contributed by atoms with van der Waals surface area (Å²) < 4.78 is 5.15. The number of hydrogen-bond acceptors (Lipinski definition) is 3. The van der Waals surface area contributed by atoms with Crippen molar-refractivity contribution in [3.05, 3.63) is 29.8 Å². The molecule has 0 bridgehead atoms. The first-order valence-corrected chi connectivity index (χ1v) is 4.63. The number of ether oxygens (including phenoxy) is 1. The van der Waals surface area contributed by atoms with Gasteiger partial charge in [0.15, 0.2) is 0 Å². The van der Waals surface area contributed by atoms with Crippen molar-refractivity contribution in [3.8, 4) is 6.07 Å². The Kier molecular flexibility index (Phi) is 2.38. The average Bonchev–Trinajstić information content (AvgIpc) is 3.01. The van der Waals surface area contributed by atoms with E-state index in [1.165, 1.54) is 0 Å². The van der Waals surface area contributed by atoms with Crippen molar-refractivity contribution in [1.82, 2.24) is 0 Å². The van der Waals surface area contributed by atoms with E-state index in [4.69, 9.17) is 10.00 Å². The van der Waals surface area contributed by atoms with E-state index in [0.717, 1.165) is 24.4 Å². The molecule has 1 aromatic carbocycles. The predicted molar refractivity (Wildman–Crippen MR) is 54.2 cm³/mol. The van der Waals surface area contributed by atoms with Crippen molar-refractivity contribution in [2.45, 2.75) is 6.10 Å². The lowest BCUT2D eigenvalue weighted by Crippen LogP contribution is -2.23. The van der Waals surface area contributed by atoms with Gasteiger partial charge >= 0.3 is 0 Å².